The van der Waals surface area contributed by atoms with E-state index in [2.05, 4.69) is 5.10 Å². The fourth-order valence-corrected chi connectivity index (χ4v) is 2.25. The van der Waals surface area contributed by atoms with E-state index in [-0.39, 0.29) is 0 Å². The largest absolute Gasteiger partial charge is 0.439 e. The maximum absolute atomic E-state index is 11.1. The number of aryl methyl sites for hydroxylation is 2. The zero-order valence-electron chi connectivity index (χ0n) is 11.3. The van der Waals surface area contributed by atoms with E-state index in [0.717, 1.165) is 17.1 Å². The number of hydrogen-bond acceptors (Lipinski definition) is 3. The van der Waals surface area contributed by atoms with Gasteiger partial charge in [-0.25, -0.2) is 4.68 Å². The van der Waals surface area contributed by atoms with Gasteiger partial charge in [0.25, 0.3) is 0 Å². The van der Waals surface area contributed by atoms with Crippen LogP contribution >= 0.6 is 0 Å². The third kappa shape index (κ3) is 2.05. The lowest BCUT2D eigenvalue weighted by Crippen LogP contribution is -1.96. The highest BCUT2D eigenvalue weighted by Crippen LogP contribution is 2.28. The summed E-state index contributed by atoms with van der Waals surface area (Å²) < 4.78 is 7.41. The van der Waals surface area contributed by atoms with E-state index < -0.39 is 0 Å². The Bertz CT molecular complexity index is 790. The van der Waals surface area contributed by atoms with Crippen molar-refractivity contribution in [3.8, 4) is 11.6 Å². The molecule has 1 aromatic heterocycles. The zero-order valence-corrected chi connectivity index (χ0v) is 11.3. The fourth-order valence-electron chi connectivity index (χ4n) is 2.25. The molecular weight excluding hydrogens is 252 g/mol. The highest BCUT2D eigenvalue weighted by molar-refractivity contribution is 5.84. The molecule has 3 rings (SSSR count). The first kappa shape index (κ1) is 12.4. The van der Waals surface area contributed by atoms with Crippen LogP contribution in [-0.4, -0.2) is 16.1 Å². The summed E-state index contributed by atoms with van der Waals surface area (Å²) in [7, 11) is 1.76. The summed E-state index contributed by atoms with van der Waals surface area (Å²) in [5, 5.41) is 6.44. The Kier molecular flexibility index (Phi) is 2.99. The number of carbonyl (C=O) groups excluding carboxylic acids is 1. The molecule has 0 unspecified atom stereocenters. The number of carbonyl (C=O) groups is 1. The van der Waals surface area contributed by atoms with E-state index in [1.807, 2.05) is 42.5 Å². The molecule has 0 radical (unpaired) electrons. The molecule has 1 heterocycles. The van der Waals surface area contributed by atoms with Crippen molar-refractivity contribution in [2.45, 2.75) is 6.92 Å². The van der Waals surface area contributed by atoms with Crippen molar-refractivity contribution >= 4 is 17.1 Å². The molecule has 0 fully saturated rings. The number of benzene rings is 2. The Hall–Kier alpha value is -2.62. The lowest BCUT2D eigenvalue weighted by molar-refractivity contribution is 0.112. The Morgan fingerprint density at radius 2 is 1.90 bits per heavy atom. The summed E-state index contributed by atoms with van der Waals surface area (Å²) >= 11 is 0. The Labute approximate surface area is 116 Å². The van der Waals surface area contributed by atoms with Crippen molar-refractivity contribution in [3.05, 3.63) is 53.7 Å². The van der Waals surface area contributed by atoms with Gasteiger partial charge in [0.15, 0.2) is 6.29 Å². The molecule has 0 aliphatic rings. The minimum Gasteiger partial charge on any atom is -0.439 e. The minimum atomic E-state index is 0.466. The molecule has 0 aliphatic carbocycles. The van der Waals surface area contributed by atoms with Crippen LogP contribution in [0, 0.1) is 6.92 Å². The summed E-state index contributed by atoms with van der Waals surface area (Å²) in [6.07, 6.45) is 0.777. The molecule has 100 valence electrons. The molecule has 0 N–H and O–H groups in total. The lowest BCUT2D eigenvalue weighted by atomic mass is 10.1. The van der Waals surface area contributed by atoms with Gasteiger partial charge in [0.05, 0.1) is 11.3 Å². The fraction of sp³-hybridized carbons (Fsp3) is 0.125. The summed E-state index contributed by atoms with van der Waals surface area (Å²) in [6, 6.07) is 13.9. The Balaban J connectivity index is 2.03. The number of aldehydes is 1. The molecule has 20 heavy (non-hydrogen) atoms. The van der Waals surface area contributed by atoms with Crippen molar-refractivity contribution in [1.29, 1.82) is 0 Å². The van der Waals surface area contributed by atoms with Gasteiger partial charge in [0.1, 0.15) is 5.75 Å². The molecule has 0 spiro atoms. The second-order valence-corrected chi connectivity index (χ2v) is 4.66. The number of ether oxygens (including phenoxy) is 1. The van der Waals surface area contributed by atoms with Gasteiger partial charge in [0.2, 0.25) is 5.88 Å². The molecule has 0 saturated heterocycles. The third-order valence-corrected chi connectivity index (χ3v) is 3.27. The number of fused-ring (bicyclic) bond motifs is 1. The average molecular weight is 266 g/mol. The molecule has 4 heteroatoms. The topological polar surface area (TPSA) is 44.1 Å². The quantitative estimate of drug-likeness (QED) is 0.682. The normalized spacial score (nSPS) is 10.7. The zero-order chi connectivity index (χ0) is 14.1. The van der Waals surface area contributed by atoms with E-state index in [9.17, 15) is 4.79 Å². The first-order valence-electron chi connectivity index (χ1n) is 6.34. The number of rotatable bonds is 3. The summed E-state index contributed by atoms with van der Waals surface area (Å²) in [4.78, 5) is 11.1. The van der Waals surface area contributed by atoms with E-state index in [4.69, 9.17) is 4.74 Å². The molecule has 2 aromatic carbocycles. The van der Waals surface area contributed by atoms with Crippen LogP contribution in [0.4, 0.5) is 0 Å². The summed E-state index contributed by atoms with van der Waals surface area (Å²) in [5.74, 6) is 1.16. The minimum absolute atomic E-state index is 0.466. The highest BCUT2D eigenvalue weighted by atomic mass is 16.5. The predicted molar refractivity (Wildman–Crippen MR) is 77.4 cm³/mol. The van der Waals surface area contributed by atoms with Crippen LogP contribution in [0.25, 0.3) is 10.8 Å². The molecule has 4 nitrogen and oxygen atoms in total. The van der Waals surface area contributed by atoms with Crippen molar-refractivity contribution in [3.63, 3.8) is 0 Å². The molecule has 0 saturated carbocycles. The van der Waals surface area contributed by atoms with Crippen molar-refractivity contribution in [2.24, 2.45) is 7.05 Å². The van der Waals surface area contributed by atoms with Gasteiger partial charge in [-0.15, -0.1) is 0 Å². The van der Waals surface area contributed by atoms with E-state index in [1.165, 1.54) is 0 Å². The van der Waals surface area contributed by atoms with E-state index in [0.29, 0.717) is 22.9 Å². The van der Waals surface area contributed by atoms with Crippen LogP contribution in [0.3, 0.4) is 0 Å². The van der Waals surface area contributed by atoms with Gasteiger partial charge in [-0.2, -0.15) is 5.10 Å². The smallest absolute Gasteiger partial charge is 0.228 e. The van der Waals surface area contributed by atoms with Crippen LogP contribution in [0.15, 0.2) is 42.5 Å². The number of hydrogen-bond donors (Lipinski definition) is 0. The summed E-state index contributed by atoms with van der Waals surface area (Å²) in [6.45, 7) is 1.79. The molecule has 3 aromatic rings. The monoisotopic (exact) mass is 266 g/mol. The standard InChI is InChI=1S/C16H14N2O2/c1-11-15(10-19)16(18(2)17-11)20-14-8-7-12-5-3-4-6-13(12)9-14/h3-10H,1-2H3. The first-order valence-corrected chi connectivity index (χ1v) is 6.34. The van der Waals surface area contributed by atoms with Gasteiger partial charge in [0, 0.05) is 7.05 Å². The van der Waals surface area contributed by atoms with Crippen LogP contribution < -0.4 is 4.74 Å². The molecule has 0 atom stereocenters. The Morgan fingerprint density at radius 3 is 2.65 bits per heavy atom. The van der Waals surface area contributed by atoms with Gasteiger partial charge < -0.3 is 4.74 Å². The van der Waals surface area contributed by atoms with Gasteiger partial charge in [-0.3, -0.25) is 4.79 Å². The highest BCUT2D eigenvalue weighted by Gasteiger charge is 2.14. The van der Waals surface area contributed by atoms with Gasteiger partial charge in [-0.1, -0.05) is 30.3 Å². The van der Waals surface area contributed by atoms with Gasteiger partial charge in [-0.05, 0) is 29.8 Å². The van der Waals surface area contributed by atoms with Gasteiger partial charge >= 0.3 is 0 Å². The van der Waals surface area contributed by atoms with Crippen LogP contribution in [0.1, 0.15) is 16.1 Å². The van der Waals surface area contributed by atoms with Crippen LogP contribution in [-0.2, 0) is 7.05 Å². The Morgan fingerprint density at radius 1 is 1.15 bits per heavy atom. The second kappa shape index (κ2) is 4.81. The van der Waals surface area contributed by atoms with E-state index >= 15 is 0 Å². The predicted octanol–water partition coefficient (Wildman–Crippen LogP) is 3.49. The second-order valence-electron chi connectivity index (χ2n) is 4.66. The van der Waals surface area contributed by atoms with Crippen LogP contribution in [0.2, 0.25) is 0 Å². The number of aromatic nitrogens is 2. The maximum atomic E-state index is 11.1. The molecule has 0 bridgehead atoms. The molecular formula is C16H14N2O2. The summed E-state index contributed by atoms with van der Waals surface area (Å²) in [5.41, 5.74) is 1.15. The number of nitrogens with zero attached hydrogens (tertiary/aromatic N) is 2. The lowest BCUT2D eigenvalue weighted by Gasteiger charge is -2.07. The van der Waals surface area contributed by atoms with Crippen molar-refractivity contribution in [1.82, 2.24) is 9.78 Å². The molecule has 0 amide bonds. The van der Waals surface area contributed by atoms with E-state index in [1.54, 1.807) is 18.7 Å². The van der Waals surface area contributed by atoms with Crippen LogP contribution in [0.5, 0.6) is 11.6 Å². The van der Waals surface area contributed by atoms with Crippen molar-refractivity contribution < 1.29 is 9.53 Å². The maximum Gasteiger partial charge on any atom is 0.228 e. The SMILES string of the molecule is Cc1nn(C)c(Oc2ccc3ccccc3c2)c1C=O. The molecule has 0 aliphatic heterocycles. The third-order valence-electron chi connectivity index (χ3n) is 3.27. The first-order chi connectivity index (χ1) is 9.69. The average Bonchev–Trinajstić information content (AvgIpc) is 2.72. The van der Waals surface area contributed by atoms with Crippen molar-refractivity contribution in [2.75, 3.05) is 0 Å².